The standard InChI is InChI=1S/C22H30N4O2S/c1-3-28-20-6-4-18(5-7-20)14-25-10-9-24(15-19(25)8-12-27)16-21-17(2)23-22-26(21)11-13-29-22/h4-7,11,13,19,27H,3,8-10,12,14-16H2,1-2H3. The fourth-order valence-corrected chi connectivity index (χ4v) is 4.95. The Labute approximate surface area is 176 Å². The highest BCUT2D eigenvalue weighted by Gasteiger charge is 2.27. The third-order valence-corrected chi connectivity index (χ3v) is 6.46. The third kappa shape index (κ3) is 4.64. The van der Waals surface area contributed by atoms with E-state index in [4.69, 9.17) is 4.74 Å². The van der Waals surface area contributed by atoms with Crippen molar-refractivity contribution >= 4 is 16.3 Å². The second-order valence-electron chi connectivity index (χ2n) is 7.65. The minimum Gasteiger partial charge on any atom is -0.494 e. The second-order valence-corrected chi connectivity index (χ2v) is 8.52. The van der Waals surface area contributed by atoms with Gasteiger partial charge in [0.1, 0.15) is 5.75 Å². The molecule has 156 valence electrons. The highest BCUT2D eigenvalue weighted by molar-refractivity contribution is 7.15. The Bertz CT molecular complexity index is 921. The molecule has 29 heavy (non-hydrogen) atoms. The lowest BCUT2D eigenvalue weighted by Gasteiger charge is -2.41. The molecule has 1 saturated heterocycles. The molecule has 0 radical (unpaired) electrons. The Morgan fingerprint density at radius 1 is 1.21 bits per heavy atom. The van der Waals surface area contributed by atoms with E-state index in [9.17, 15) is 5.11 Å². The van der Waals surface area contributed by atoms with Gasteiger partial charge in [-0.2, -0.15) is 0 Å². The predicted octanol–water partition coefficient (Wildman–Crippen LogP) is 3.17. The first-order valence-corrected chi connectivity index (χ1v) is 11.3. The molecule has 0 saturated carbocycles. The number of aryl methyl sites for hydroxylation is 1. The van der Waals surface area contributed by atoms with E-state index >= 15 is 0 Å². The smallest absolute Gasteiger partial charge is 0.194 e. The molecule has 1 N–H and O–H groups in total. The van der Waals surface area contributed by atoms with Crippen LogP contribution in [-0.2, 0) is 13.1 Å². The first kappa shape index (κ1) is 20.3. The van der Waals surface area contributed by atoms with E-state index in [0.29, 0.717) is 12.6 Å². The van der Waals surface area contributed by atoms with E-state index in [1.165, 1.54) is 11.3 Å². The van der Waals surface area contributed by atoms with Crippen LogP contribution >= 0.6 is 11.3 Å². The van der Waals surface area contributed by atoms with Crippen LogP contribution in [0.3, 0.4) is 0 Å². The number of ether oxygens (including phenoxy) is 1. The van der Waals surface area contributed by atoms with Gasteiger partial charge in [-0.05, 0) is 38.0 Å². The van der Waals surface area contributed by atoms with E-state index < -0.39 is 0 Å². The van der Waals surface area contributed by atoms with Crippen molar-refractivity contribution in [3.63, 3.8) is 0 Å². The zero-order valence-electron chi connectivity index (χ0n) is 17.3. The molecule has 1 atom stereocenters. The molecule has 0 bridgehead atoms. The topological polar surface area (TPSA) is 53.2 Å². The largest absolute Gasteiger partial charge is 0.494 e. The quantitative estimate of drug-likeness (QED) is 0.614. The lowest BCUT2D eigenvalue weighted by Crippen LogP contribution is -2.52. The van der Waals surface area contributed by atoms with E-state index in [-0.39, 0.29) is 6.61 Å². The van der Waals surface area contributed by atoms with Crippen LogP contribution in [0, 0.1) is 6.92 Å². The minimum atomic E-state index is 0.221. The Kier molecular flexibility index (Phi) is 6.50. The van der Waals surface area contributed by atoms with Crippen LogP contribution in [-0.4, -0.2) is 63.2 Å². The van der Waals surface area contributed by atoms with Crippen molar-refractivity contribution in [3.8, 4) is 5.75 Å². The number of nitrogens with zero attached hydrogens (tertiary/aromatic N) is 4. The van der Waals surface area contributed by atoms with Crippen LogP contribution in [0.5, 0.6) is 5.75 Å². The van der Waals surface area contributed by atoms with Crippen molar-refractivity contribution in [1.29, 1.82) is 0 Å². The number of fused-ring (bicyclic) bond motifs is 1. The summed E-state index contributed by atoms with van der Waals surface area (Å²) in [6, 6.07) is 8.74. The van der Waals surface area contributed by atoms with Gasteiger partial charge >= 0.3 is 0 Å². The molecule has 4 rings (SSSR count). The third-order valence-electron chi connectivity index (χ3n) is 5.71. The Morgan fingerprint density at radius 3 is 2.79 bits per heavy atom. The number of aliphatic hydroxyl groups excluding tert-OH is 1. The summed E-state index contributed by atoms with van der Waals surface area (Å²) in [4.78, 5) is 10.8. The lowest BCUT2D eigenvalue weighted by molar-refractivity contribution is 0.0492. The van der Waals surface area contributed by atoms with Gasteiger partial charge in [-0.1, -0.05) is 12.1 Å². The van der Waals surface area contributed by atoms with E-state index in [0.717, 1.165) is 55.5 Å². The summed E-state index contributed by atoms with van der Waals surface area (Å²) in [6.45, 7) is 9.82. The summed E-state index contributed by atoms with van der Waals surface area (Å²) < 4.78 is 7.76. The van der Waals surface area contributed by atoms with Crippen molar-refractivity contribution in [2.75, 3.05) is 32.8 Å². The summed E-state index contributed by atoms with van der Waals surface area (Å²) in [7, 11) is 0. The maximum Gasteiger partial charge on any atom is 0.194 e. The van der Waals surface area contributed by atoms with Crippen LogP contribution in [0.2, 0.25) is 0 Å². The second kappa shape index (κ2) is 9.26. The van der Waals surface area contributed by atoms with Gasteiger partial charge in [-0.25, -0.2) is 4.98 Å². The van der Waals surface area contributed by atoms with Crippen LogP contribution in [0.1, 0.15) is 30.3 Å². The van der Waals surface area contributed by atoms with Gasteiger partial charge < -0.3 is 9.84 Å². The summed E-state index contributed by atoms with van der Waals surface area (Å²) in [5.41, 5.74) is 3.69. The highest BCUT2D eigenvalue weighted by atomic mass is 32.1. The van der Waals surface area contributed by atoms with Gasteiger partial charge in [-0.15, -0.1) is 11.3 Å². The van der Waals surface area contributed by atoms with Gasteiger partial charge in [0.25, 0.3) is 0 Å². The molecule has 3 aromatic rings. The highest BCUT2D eigenvalue weighted by Crippen LogP contribution is 2.22. The molecule has 1 unspecified atom stereocenters. The summed E-state index contributed by atoms with van der Waals surface area (Å²) in [6.07, 6.45) is 2.91. The molecular weight excluding hydrogens is 384 g/mol. The fraction of sp³-hybridized carbons (Fsp3) is 0.500. The van der Waals surface area contributed by atoms with Crippen molar-refractivity contribution in [1.82, 2.24) is 19.2 Å². The summed E-state index contributed by atoms with van der Waals surface area (Å²) in [5, 5.41) is 11.7. The molecule has 1 fully saturated rings. The number of piperazine rings is 1. The predicted molar refractivity (Wildman–Crippen MR) is 117 cm³/mol. The number of aliphatic hydroxyl groups is 1. The molecule has 0 aliphatic carbocycles. The van der Waals surface area contributed by atoms with Crippen LogP contribution in [0.15, 0.2) is 35.8 Å². The summed E-state index contributed by atoms with van der Waals surface area (Å²) >= 11 is 1.68. The van der Waals surface area contributed by atoms with Crippen molar-refractivity contribution in [2.45, 2.75) is 39.4 Å². The SMILES string of the molecule is CCOc1ccc(CN2CCN(Cc3c(C)nc4sccn34)CC2CCO)cc1. The van der Waals surface area contributed by atoms with Crippen molar-refractivity contribution in [3.05, 3.63) is 52.8 Å². The Balaban J connectivity index is 1.41. The fourth-order valence-electron chi connectivity index (χ4n) is 4.17. The molecule has 1 aliphatic rings. The average Bonchev–Trinajstić information content (AvgIpc) is 3.28. The number of imidazole rings is 1. The zero-order chi connectivity index (χ0) is 20.2. The van der Waals surface area contributed by atoms with E-state index in [1.807, 2.05) is 19.1 Å². The zero-order valence-corrected chi connectivity index (χ0v) is 18.1. The molecule has 2 aromatic heterocycles. The molecule has 0 amide bonds. The monoisotopic (exact) mass is 414 g/mol. The molecule has 3 heterocycles. The van der Waals surface area contributed by atoms with Crippen molar-refractivity contribution < 1.29 is 9.84 Å². The first-order valence-electron chi connectivity index (χ1n) is 10.4. The normalized spacial score (nSPS) is 18.5. The van der Waals surface area contributed by atoms with Crippen LogP contribution < -0.4 is 4.74 Å². The van der Waals surface area contributed by atoms with Gasteiger partial charge in [-0.3, -0.25) is 14.2 Å². The van der Waals surface area contributed by atoms with Crippen LogP contribution in [0.25, 0.3) is 4.96 Å². The molecular formula is C22H30N4O2S. The van der Waals surface area contributed by atoms with E-state index in [1.54, 1.807) is 11.3 Å². The van der Waals surface area contributed by atoms with E-state index in [2.05, 4.69) is 49.8 Å². The maximum atomic E-state index is 9.62. The van der Waals surface area contributed by atoms with Crippen LogP contribution in [0.4, 0.5) is 0 Å². The maximum absolute atomic E-state index is 9.62. The number of aromatic nitrogens is 2. The minimum absolute atomic E-state index is 0.221. The number of benzene rings is 1. The average molecular weight is 415 g/mol. The molecule has 7 heteroatoms. The molecule has 0 spiro atoms. The summed E-state index contributed by atoms with van der Waals surface area (Å²) in [5.74, 6) is 0.920. The van der Waals surface area contributed by atoms with Crippen molar-refractivity contribution in [2.24, 2.45) is 0 Å². The van der Waals surface area contributed by atoms with Gasteiger partial charge in [0.15, 0.2) is 4.96 Å². The molecule has 6 nitrogen and oxygen atoms in total. The molecule has 1 aliphatic heterocycles. The molecule has 1 aromatic carbocycles. The Morgan fingerprint density at radius 2 is 2.03 bits per heavy atom. The van der Waals surface area contributed by atoms with Gasteiger partial charge in [0, 0.05) is 56.9 Å². The number of hydrogen-bond donors (Lipinski definition) is 1. The lowest BCUT2D eigenvalue weighted by atomic mass is 10.1. The Hall–Kier alpha value is -1.93. The number of hydrogen-bond acceptors (Lipinski definition) is 6. The van der Waals surface area contributed by atoms with Gasteiger partial charge in [0.05, 0.1) is 18.0 Å². The number of rotatable bonds is 8. The first-order chi connectivity index (χ1) is 14.2. The van der Waals surface area contributed by atoms with Gasteiger partial charge in [0.2, 0.25) is 0 Å². The number of thiazole rings is 1.